The Balaban J connectivity index is 2.50. The second kappa shape index (κ2) is 5.39. The molecule has 1 heterocycles. The Morgan fingerprint density at radius 2 is 2.24 bits per heavy atom. The Kier molecular flexibility index (Phi) is 4.39. The number of carboxylic acids is 1. The van der Waals surface area contributed by atoms with Gasteiger partial charge in [0.15, 0.2) is 0 Å². The number of rotatable bonds is 5. The molecule has 0 aliphatic carbocycles. The Bertz CT molecular complexity index is 343. The van der Waals surface area contributed by atoms with Gasteiger partial charge in [-0.2, -0.15) is 0 Å². The summed E-state index contributed by atoms with van der Waals surface area (Å²) in [4.78, 5) is 33.6. The van der Waals surface area contributed by atoms with Gasteiger partial charge >= 0.3 is 5.97 Å². The van der Waals surface area contributed by atoms with E-state index in [2.05, 4.69) is 10.6 Å². The lowest BCUT2D eigenvalue weighted by molar-refractivity contribution is -0.134. The quantitative estimate of drug-likeness (QED) is 0.624. The molecule has 1 atom stereocenters. The second-order valence-corrected chi connectivity index (χ2v) is 5.90. The molecule has 1 saturated heterocycles. The molecule has 0 aromatic carbocycles. The molecule has 2 amide bonds. The Morgan fingerprint density at radius 1 is 1.59 bits per heavy atom. The van der Waals surface area contributed by atoms with E-state index in [1.165, 1.54) is 0 Å². The molecular formula is C10H16N2O4S. The van der Waals surface area contributed by atoms with Crippen molar-refractivity contribution in [3.05, 3.63) is 0 Å². The fourth-order valence-electron chi connectivity index (χ4n) is 1.37. The van der Waals surface area contributed by atoms with E-state index in [0.29, 0.717) is 13.0 Å². The third-order valence-corrected chi connectivity index (χ3v) is 3.76. The molecule has 0 aromatic rings. The van der Waals surface area contributed by atoms with E-state index in [-0.39, 0.29) is 17.6 Å². The minimum Gasteiger partial charge on any atom is -0.481 e. The van der Waals surface area contributed by atoms with Crippen LogP contribution in [0.3, 0.4) is 0 Å². The van der Waals surface area contributed by atoms with Gasteiger partial charge in [-0.25, -0.2) is 0 Å². The van der Waals surface area contributed by atoms with Gasteiger partial charge in [0, 0.05) is 6.54 Å². The van der Waals surface area contributed by atoms with E-state index in [9.17, 15) is 14.4 Å². The summed E-state index contributed by atoms with van der Waals surface area (Å²) in [6, 6.07) is -0.493. The number of aliphatic carboxylic acids is 1. The van der Waals surface area contributed by atoms with Gasteiger partial charge in [-0.05, 0) is 20.3 Å². The average molecular weight is 260 g/mol. The highest BCUT2D eigenvalue weighted by molar-refractivity contribution is 8.01. The monoisotopic (exact) mass is 260 g/mol. The molecule has 0 spiro atoms. The standard InChI is InChI=1S/C10H16N2O4S/c1-10(2,17-5-7(13)14)9(16)12-6-3-4-11-8(6)15/h6H,3-5H2,1-2H3,(H,11,15)(H,12,16)(H,13,14)/t6-/m0/s1. The number of carbonyl (C=O) groups excluding carboxylic acids is 2. The summed E-state index contributed by atoms with van der Waals surface area (Å²) >= 11 is 1.04. The molecule has 1 aliphatic heterocycles. The highest BCUT2D eigenvalue weighted by atomic mass is 32.2. The summed E-state index contributed by atoms with van der Waals surface area (Å²) in [5.41, 5.74) is 0. The Labute approximate surface area is 104 Å². The van der Waals surface area contributed by atoms with Crippen LogP contribution in [0, 0.1) is 0 Å². The SMILES string of the molecule is CC(C)(SCC(=O)O)C(=O)N[C@H]1CCNC1=O. The highest BCUT2D eigenvalue weighted by Crippen LogP contribution is 2.24. The number of hydrogen-bond donors (Lipinski definition) is 3. The van der Waals surface area contributed by atoms with Crippen LogP contribution in [0.5, 0.6) is 0 Å². The number of carbonyl (C=O) groups is 3. The smallest absolute Gasteiger partial charge is 0.313 e. The molecule has 7 heteroatoms. The van der Waals surface area contributed by atoms with Crippen LogP contribution in [0.25, 0.3) is 0 Å². The maximum absolute atomic E-state index is 11.9. The Hall–Kier alpha value is -1.24. The van der Waals surface area contributed by atoms with E-state index in [1.54, 1.807) is 13.8 Å². The fraction of sp³-hybridized carbons (Fsp3) is 0.700. The average Bonchev–Trinajstić information content (AvgIpc) is 2.62. The second-order valence-electron chi connectivity index (χ2n) is 4.30. The minimum atomic E-state index is -0.963. The molecule has 1 rings (SSSR count). The van der Waals surface area contributed by atoms with E-state index >= 15 is 0 Å². The van der Waals surface area contributed by atoms with Crippen molar-refractivity contribution in [1.82, 2.24) is 10.6 Å². The van der Waals surface area contributed by atoms with Crippen LogP contribution in [0.15, 0.2) is 0 Å². The summed E-state index contributed by atoms with van der Waals surface area (Å²) in [6.45, 7) is 3.85. The van der Waals surface area contributed by atoms with Crippen molar-refractivity contribution in [3.8, 4) is 0 Å². The summed E-state index contributed by atoms with van der Waals surface area (Å²) in [7, 11) is 0. The first-order valence-corrected chi connectivity index (χ1v) is 6.26. The van der Waals surface area contributed by atoms with Crippen LogP contribution in [0.1, 0.15) is 20.3 Å². The molecule has 0 unspecified atom stereocenters. The van der Waals surface area contributed by atoms with Crippen molar-refractivity contribution in [1.29, 1.82) is 0 Å². The summed E-state index contributed by atoms with van der Waals surface area (Å²) in [5.74, 6) is -1.60. The maximum Gasteiger partial charge on any atom is 0.313 e. The van der Waals surface area contributed by atoms with Crippen LogP contribution in [-0.4, -0.2) is 46.0 Å². The zero-order valence-electron chi connectivity index (χ0n) is 9.78. The fourth-order valence-corrected chi connectivity index (χ4v) is 2.05. The van der Waals surface area contributed by atoms with Crippen molar-refractivity contribution < 1.29 is 19.5 Å². The predicted molar refractivity (Wildman–Crippen MR) is 63.7 cm³/mol. The van der Waals surface area contributed by atoms with Gasteiger partial charge in [0.1, 0.15) is 6.04 Å². The number of carboxylic acid groups (broad SMARTS) is 1. The topological polar surface area (TPSA) is 95.5 Å². The molecule has 3 N–H and O–H groups in total. The molecule has 0 aromatic heterocycles. The van der Waals surface area contributed by atoms with Crippen molar-refractivity contribution in [2.24, 2.45) is 0 Å². The van der Waals surface area contributed by atoms with Gasteiger partial charge in [0.2, 0.25) is 11.8 Å². The lowest BCUT2D eigenvalue weighted by Crippen LogP contribution is -2.48. The first-order valence-electron chi connectivity index (χ1n) is 5.27. The minimum absolute atomic E-state index is 0.142. The van der Waals surface area contributed by atoms with Crippen LogP contribution in [-0.2, 0) is 14.4 Å². The van der Waals surface area contributed by atoms with Crippen molar-refractivity contribution >= 4 is 29.5 Å². The molecule has 96 valence electrons. The molecule has 17 heavy (non-hydrogen) atoms. The molecule has 1 aliphatic rings. The van der Waals surface area contributed by atoms with Gasteiger partial charge < -0.3 is 15.7 Å². The maximum atomic E-state index is 11.9. The van der Waals surface area contributed by atoms with Gasteiger partial charge in [-0.3, -0.25) is 14.4 Å². The van der Waals surface area contributed by atoms with Crippen LogP contribution < -0.4 is 10.6 Å². The molecule has 0 radical (unpaired) electrons. The van der Waals surface area contributed by atoms with Gasteiger partial charge in [0.05, 0.1) is 10.5 Å². The van der Waals surface area contributed by atoms with E-state index in [1.807, 2.05) is 0 Å². The van der Waals surface area contributed by atoms with Gasteiger partial charge in [-0.1, -0.05) is 0 Å². The van der Waals surface area contributed by atoms with Crippen LogP contribution in [0.4, 0.5) is 0 Å². The largest absolute Gasteiger partial charge is 0.481 e. The lowest BCUT2D eigenvalue weighted by Gasteiger charge is -2.23. The number of hydrogen-bond acceptors (Lipinski definition) is 4. The number of nitrogens with one attached hydrogen (secondary N) is 2. The van der Waals surface area contributed by atoms with E-state index in [0.717, 1.165) is 11.8 Å². The first-order chi connectivity index (χ1) is 7.83. The molecule has 1 fully saturated rings. The van der Waals surface area contributed by atoms with E-state index in [4.69, 9.17) is 5.11 Å². The highest BCUT2D eigenvalue weighted by Gasteiger charge is 2.33. The number of amides is 2. The normalized spacial score (nSPS) is 19.9. The summed E-state index contributed by atoms with van der Waals surface area (Å²) in [5, 5.41) is 13.8. The first kappa shape index (κ1) is 13.8. The molecule has 0 saturated carbocycles. The predicted octanol–water partition coefficient (Wildman–Crippen LogP) is -0.412. The lowest BCUT2D eigenvalue weighted by atomic mass is 10.1. The zero-order chi connectivity index (χ0) is 13.1. The number of thioether (sulfide) groups is 1. The van der Waals surface area contributed by atoms with Crippen LogP contribution >= 0.6 is 11.8 Å². The summed E-state index contributed by atoms with van der Waals surface area (Å²) in [6.07, 6.45) is 0.574. The van der Waals surface area contributed by atoms with E-state index < -0.39 is 16.8 Å². The van der Waals surface area contributed by atoms with Crippen molar-refractivity contribution in [2.75, 3.05) is 12.3 Å². The van der Waals surface area contributed by atoms with Crippen LogP contribution in [0.2, 0.25) is 0 Å². The summed E-state index contributed by atoms with van der Waals surface area (Å²) < 4.78 is -0.860. The zero-order valence-corrected chi connectivity index (χ0v) is 10.6. The molecule has 6 nitrogen and oxygen atoms in total. The molecule has 0 bridgehead atoms. The van der Waals surface area contributed by atoms with Crippen molar-refractivity contribution in [3.63, 3.8) is 0 Å². The third kappa shape index (κ3) is 3.92. The third-order valence-electron chi connectivity index (χ3n) is 2.46. The van der Waals surface area contributed by atoms with Gasteiger partial charge in [0.25, 0.3) is 0 Å². The molecular weight excluding hydrogens is 244 g/mol. The Morgan fingerprint density at radius 3 is 2.71 bits per heavy atom. The van der Waals surface area contributed by atoms with Gasteiger partial charge in [-0.15, -0.1) is 11.8 Å². The van der Waals surface area contributed by atoms with Crippen molar-refractivity contribution in [2.45, 2.75) is 31.1 Å².